The first-order valence-electron chi connectivity index (χ1n) is 4.78. The van der Waals surface area contributed by atoms with Crippen LogP contribution in [0, 0.1) is 0 Å². The fraction of sp³-hybridized carbons (Fsp3) is 0.778. The van der Waals surface area contributed by atoms with Crippen molar-refractivity contribution in [1.29, 1.82) is 0 Å². The minimum Gasteiger partial charge on any atom is -0.480 e. The largest absolute Gasteiger partial charge is 0.480 e. The molecule has 1 atom stereocenters. The van der Waals surface area contributed by atoms with Gasteiger partial charge in [0.15, 0.2) is 0 Å². The van der Waals surface area contributed by atoms with Gasteiger partial charge in [-0.1, -0.05) is 0 Å². The van der Waals surface area contributed by atoms with Gasteiger partial charge in [-0.25, -0.2) is 4.79 Å². The maximum Gasteiger partial charge on any atom is 0.329 e. The molecular weight excluding hydrogens is 218 g/mol. The van der Waals surface area contributed by atoms with Crippen LogP contribution in [0.5, 0.6) is 0 Å². The van der Waals surface area contributed by atoms with Crippen molar-refractivity contribution in [3.63, 3.8) is 0 Å². The van der Waals surface area contributed by atoms with Crippen LogP contribution in [0.2, 0.25) is 0 Å². The third-order valence-corrected chi connectivity index (χ3v) is 3.33. The summed E-state index contributed by atoms with van der Waals surface area (Å²) < 4.78 is 4.76. The lowest BCUT2D eigenvalue weighted by molar-refractivity contribution is -0.146. The summed E-state index contributed by atoms with van der Waals surface area (Å²) in [4.78, 5) is 23.5. The van der Waals surface area contributed by atoms with Gasteiger partial charge < -0.3 is 14.7 Å². The highest BCUT2D eigenvalue weighted by molar-refractivity contribution is 7.99. The predicted molar refractivity (Wildman–Crippen MR) is 57.0 cm³/mol. The highest BCUT2D eigenvalue weighted by Gasteiger charge is 2.23. The van der Waals surface area contributed by atoms with Gasteiger partial charge in [-0.15, -0.1) is 0 Å². The molecule has 0 aromatic rings. The molecule has 0 aromatic carbocycles. The van der Waals surface area contributed by atoms with Crippen LogP contribution in [0.25, 0.3) is 0 Å². The van der Waals surface area contributed by atoms with Crippen molar-refractivity contribution in [3.8, 4) is 0 Å². The monoisotopic (exact) mass is 233 g/mol. The van der Waals surface area contributed by atoms with E-state index in [0.29, 0.717) is 0 Å². The number of thioether (sulfide) groups is 1. The lowest BCUT2D eigenvalue weighted by Gasteiger charge is -2.32. The van der Waals surface area contributed by atoms with Gasteiger partial charge in [-0.05, 0) is 6.92 Å². The number of carboxylic acid groups (broad SMARTS) is 1. The van der Waals surface area contributed by atoms with Crippen LogP contribution in [-0.4, -0.2) is 59.2 Å². The molecule has 1 unspecified atom stereocenters. The van der Waals surface area contributed by atoms with Gasteiger partial charge >= 0.3 is 5.97 Å². The molecule has 1 fully saturated rings. The van der Waals surface area contributed by atoms with Crippen molar-refractivity contribution in [3.05, 3.63) is 0 Å². The van der Waals surface area contributed by atoms with E-state index >= 15 is 0 Å². The smallest absolute Gasteiger partial charge is 0.329 e. The van der Waals surface area contributed by atoms with Crippen molar-refractivity contribution >= 4 is 23.6 Å². The topological polar surface area (TPSA) is 66.8 Å². The van der Waals surface area contributed by atoms with Crippen LogP contribution in [0.4, 0.5) is 0 Å². The molecule has 0 aliphatic carbocycles. The molecule has 1 aliphatic heterocycles. The van der Waals surface area contributed by atoms with Gasteiger partial charge in [0, 0.05) is 24.1 Å². The molecule has 1 aliphatic rings. The summed E-state index contributed by atoms with van der Waals surface area (Å²) in [6.07, 6.45) is 0. The average Bonchev–Trinajstić information content (AvgIpc) is 2.17. The van der Waals surface area contributed by atoms with E-state index in [1.54, 1.807) is 4.90 Å². The molecule has 1 rings (SSSR count). The highest BCUT2D eigenvalue weighted by atomic mass is 32.2. The SMILES string of the molecule is CC1CSCCN1C(=O)COCC(=O)O. The van der Waals surface area contributed by atoms with Crippen LogP contribution in [-0.2, 0) is 14.3 Å². The van der Waals surface area contributed by atoms with E-state index in [1.165, 1.54) is 0 Å². The van der Waals surface area contributed by atoms with Gasteiger partial charge in [-0.3, -0.25) is 4.79 Å². The second kappa shape index (κ2) is 5.97. The van der Waals surface area contributed by atoms with Crippen molar-refractivity contribution in [2.75, 3.05) is 31.3 Å². The lowest BCUT2D eigenvalue weighted by atomic mass is 10.3. The molecule has 0 spiro atoms. The lowest BCUT2D eigenvalue weighted by Crippen LogP contribution is -2.46. The predicted octanol–water partition coefficient (Wildman–Crippen LogP) is 0.0515. The van der Waals surface area contributed by atoms with Crippen molar-refractivity contribution in [2.24, 2.45) is 0 Å². The molecule has 1 heterocycles. The minimum atomic E-state index is -1.05. The molecule has 1 N–H and O–H groups in total. The van der Waals surface area contributed by atoms with Crippen LogP contribution in [0.1, 0.15) is 6.92 Å². The molecule has 86 valence electrons. The molecule has 0 radical (unpaired) electrons. The highest BCUT2D eigenvalue weighted by Crippen LogP contribution is 2.15. The molecule has 0 saturated carbocycles. The van der Waals surface area contributed by atoms with Gasteiger partial charge in [0.2, 0.25) is 5.91 Å². The first-order chi connectivity index (χ1) is 7.11. The van der Waals surface area contributed by atoms with E-state index < -0.39 is 12.6 Å². The number of aliphatic carboxylic acids is 1. The Morgan fingerprint density at radius 1 is 1.53 bits per heavy atom. The summed E-state index contributed by atoms with van der Waals surface area (Å²) in [5, 5.41) is 8.34. The molecule has 6 heteroatoms. The van der Waals surface area contributed by atoms with Crippen molar-refractivity contribution < 1.29 is 19.4 Å². The fourth-order valence-electron chi connectivity index (χ4n) is 1.41. The average molecular weight is 233 g/mol. The maximum absolute atomic E-state index is 11.6. The second-order valence-corrected chi connectivity index (χ2v) is 4.55. The number of amides is 1. The Morgan fingerprint density at radius 2 is 2.27 bits per heavy atom. The molecule has 1 amide bonds. The third-order valence-electron chi connectivity index (χ3n) is 2.14. The van der Waals surface area contributed by atoms with E-state index in [4.69, 9.17) is 9.84 Å². The van der Waals surface area contributed by atoms with Gasteiger partial charge in [0.1, 0.15) is 13.2 Å². The zero-order valence-corrected chi connectivity index (χ0v) is 9.46. The second-order valence-electron chi connectivity index (χ2n) is 3.40. The van der Waals surface area contributed by atoms with Gasteiger partial charge in [0.05, 0.1) is 0 Å². The van der Waals surface area contributed by atoms with E-state index in [2.05, 4.69) is 0 Å². The van der Waals surface area contributed by atoms with E-state index in [-0.39, 0.29) is 18.6 Å². The Hall–Kier alpha value is -0.750. The molecule has 0 bridgehead atoms. The summed E-state index contributed by atoms with van der Waals surface area (Å²) in [6.45, 7) is 2.16. The Balaban J connectivity index is 2.29. The van der Waals surface area contributed by atoms with Crippen molar-refractivity contribution in [2.45, 2.75) is 13.0 Å². The Morgan fingerprint density at radius 3 is 2.87 bits per heavy atom. The summed E-state index contributed by atoms with van der Waals surface area (Å²) >= 11 is 1.82. The number of rotatable bonds is 4. The van der Waals surface area contributed by atoms with Crippen LogP contribution >= 0.6 is 11.8 Å². The van der Waals surface area contributed by atoms with Gasteiger partial charge in [0.25, 0.3) is 0 Å². The minimum absolute atomic E-state index is 0.121. The van der Waals surface area contributed by atoms with Crippen LogP contribution < -0.4 is 0 Å². The van der Waals surface area contributed by atoms with Crippen LogP contribution in [0.15, 0.2) is 0 Å². The number of carbonyl (C=O) groups excluding carboxylic acids is 1. The molecule has 15 heavy (non-hydrogen) atoms. The molecule has 0 aromatic heterocycles. The standard InChI is InChI=1S/C9H15NO4S/c1-7-6-15-3-2-10(7)8(11)4-14-5-9(12)13/h7H,2-6H2,1H3,(H,12,13). The number of hydrogen-bond acceptors (Lipinski definition) is 4. The Labute approximate surface area is 92.8 Å². The number of carbonyl (C=O) groups is 2. The molecule has 5 nitrogen and oxygen atoms in total. The Kier molecular flexibility index (Phi) is 4.90. The summed E-state index contributed by atoms with van der Waals surface area (Å²) in [5.74, 6) is 0.703. The third kappa shape index (κ3) is 4.09. The van der Waals surface area contributed by atoms with Gasteiger partial charge in [-0.2, -0.15) is 11.8 Å². The number of nitrogens with zero attached hydrogens (tertiary/aromatic N) is 1. The van der Waals surface area contributed by atoms with E-state index in [0.717, 1.165) is 18.1 Å². The number of hydrogen-bond donors (Lipinski definition) is 1. The first-order valence-corrected chi connectivity index (χ1v) is 5.93. The Bertz CT molecular complexity index is 246. The summed E-state index contributed by atoms with van der Waals surface area (Å²) in [6, 6.07) is 0.213. The maximum atomic E-state index is 11.6. The van der Waals surface area contributed by atoms with E-state index in [9.17, 15) is 9.59 Å². The number of carboxylic acids is 1. The number of ether oxygens (including phenoxy) is 1. The normalized spacial score (nSPS) is 21.4. The van der Waals surface area contributed by atoms with Crippen molar-refractivity contribution in [1.82, 2.24) is 4.90 Å². The zero-order valence-electron chi connectivity index (χ0n) is 8.64. The summed E-state index contributed by atoms with van der Waals surface area (Å²) in [7, 11) is 0. The molecular formula is C9H15NO4S. The quantitative estimate of drug-likeness (QED) is 0.743. The fourth-order valence-corrected chi connectivity index (χ4v) is 2.42. The molecule has 1 saturated heterocycles. The van der Waals surface area contributed by atoms with Crippen LogP contribution in [0.3, 0.4) is 0 Å². The van der Waals surface area contributed by atoms with E-state index in [1.807, 2.05) is 18.7 Å². The zero-order chi connectivity index (χ0) is 11.3. The first kappa shape index (κ1) is 12.3. The summed E-state index contributed by atoms with van der Waals surface area (Å²) in [5.41, 5.74) is 0.